The number of esters is 2. The van der Waals surface area contributed by atoms with Crippen LogP contribution in [0.1, 0.15) is 98.4 Å². The first-order valence-corrected chi connectivity index (χ1v) is 21.1. The maximum atomic E-state index is 13.4. The van der Waals surface area contributed by atoms with Gasteiger partial charge in [0.25, 0.3) is 0 Å². The molecule has 0 saturated carbocycles. The molecule has 0 atom stereocenters. The van der Waals surface area contributed by atoms with Crippen molar-refractivity contribution >= 4 is 68.0 Å². The summed E-state index contributed by atoms with van der Waals surface area (Å²) in [5.41, 5.74) is 4.34. The van der Waals surface area contributed by atoms with Gasteiger partial charge in [-0.15, -0.1) is 0 Å². The first-order chi connectivity index (χ1) is 24.8. The van der Waals surface area contributed by atoms with Crippen LogP contribution in [0.2, 0.25) is 0 Å². The molecule has 5 aromatic rings. The molecule has 8 heteroatoms. The Morgan fingerprint density at radius 2 is 0.962 bits per heavy atom. The molecule has 0 aliphatic carbocycles. The van der Waals surface area contributed by atoms with Crippen molar-refractivity contribution in [2.75, 3.05) is 6.61 Å². The minimum Gasteiger partial charge on any atom is -0.506 e. The van der Waals surface area contributed by atoms with Gasteiger partial charge in [-0.3, -0.25) is 0 Å². The molecule has 0 spiro atoms. The second-order valence-corrected chi connectivity index (χ2v) is 20.5. The minimum atomic E-state index is -0.813. The topological polar surface area (TPSA) is 72.8 Å². The number of aromatic hydroxyl groups is 1. The van der Waals surface area contributed by atoms with Crippen molar-refractivity contribution < 1.29 is 24.2 Å². The number of rotatable bonds is 10. The van der Waals surface area contributed by atoms with E-state index in [0.717, 1.165) is 11.1 Å². The number of hydrogen-bond acceptors (Lipinski definition) is 5. The number of thiol groups is 1. The van der Waals surface area contributed by atoms with E-state index in [-0.39, 0.29) is 40.9 Å². The van der Waals surface area contributed by atoms with Crippen molar-refractivity contribution in [2.45, 2.75) is 92.9 Å². The Morgan fingerprint density at radius 3 is 1.36 bits per heavy atom. The predicted octanol–water partition coefficient (Wildman–Crippen LogP) is 12.2. The van der Waals surface area contributed by atoms with Crippen LogP contribution >= 0.6 is 56.1 Å². The summed E-state index contributed by atoms with van der Waals surface area (Å²) in [6.45, 7) is 17.7. The molecule has 5 rings (SSSR count). The van der Waals surface area contributed by atoms with Gasteiger partial charge < -0.3 is 14.6 Å². The molecule has 0 amide bonds. The van der Waals surface area contributed by atoms with Crippen molar-refractivity contribution in [3.63, 3.8) is 0 Å². The number of benzene rings is 5. The van der Waals surface area contributed by atoms with Crippen molar-refractivity contribution in [2.24, 2.45) is 0 Å². The summed E-state index contributed by atoms with van der Waals surface area (Å²) in [5, 5.41) is 10.1. The highest BCUT2D eigenvalue weighted by molar-refractivity contribution is 14.1. The maximum Gasteiger partial charge on any atom is 0.339 e. The maximum absolute atomic E-state index is 13.4. The summed E-state index contributed by atoms with van der Waals surface area (Å²) >= 11 is 4.07. The third-order valence-corrected chi connectivity index (χ3v) is 13.4. The molecule has 0 heterocycles. The van der Waals surface area contributed by atoms with Crippen LogP contribution in [0.15, 0.2) is 124 Å². The number of ether oxygens (including phenoxy) is 2. The first-order valence-electron chi connectivity index (χ1n) is 17.6. The Labute approximate surface area is 344 Å². The zero-order valence-electron chi connectivity index (χ0n) is 31.6. The highest BCUT2D eigenvalue weighted by Crippen LogP contribution is 2.52. The van der Waals surface area contributed by atoms with Gasteiger partial charge in [0.05, 0.1) is 18.3 Å². The SMILES string of the molecule is CC(C)(C)c1ccc([SH](c2ccc(C(C)(C)C)cc2)c2ccc(C(C)(C)COC(=O)c3ccccc3C(=O)OCc3cc(I)c(O)c(I)c3)cc2)cc1. The Hall–Kier alpha value is -3.35. The summed E-state index contributed by atoms with van der Waals surface area (Å²) in [6.07, 6.45) is 0. The number of hydrogen-bond donors (Lipinski definition) is 2. The fraction of sp³-hybridized carbons (Fsp3) is 0.289. The van der Waals surface area contributed by atoms with Crippen LogP contribution < -0.4 is 0 Å². The Bertz CT molecular complexity index is 1990. The lowest BCUT2D eigenvalue weighted by Crippen LogP contribution is -2.27. The fourth-order valence-corrected chi connectivity index (χ4v) is 10.0. The monoisotopic (exact) mass is 954 g/mol. The molecular weight excluding hydrogens is 906 g/mol. The second kappa shape index (κ2) is 16.6. The number of phenolic OH excluding ortho intramolecular Hbond substituents is 1. The first kappa shape index (κ1) is 40.8. The molecule has 0 radical (unpaired) electrons. The van der Waals surface area contributed by atoms with Gasteiger partial charge in [0.1, 0.15) is 19.0 Å². The molecular formula is C45H48I2O5S. The van der Waals surface area contributed by atoms with Gasteiger partial charge in [-0.1, -0.05) is 104 Å². The Kier molecular flexibility index (Phi) is 12.8. The lowest BCUT2D eigenvalue weighted by atomic mass is 9.85. The summed E-state index contributed by atoms with van der Waals surface area (Å²) in [4.78, 5) is 30.4. The molecule has 1 N–H and O–H groups in total. The standard InChI is InChI=1S/C45H48I2O5S/c1-43(2,3)30-13-19-33(20-14-30)53(34-21-15-31(16-22-34)44(4,5)6)35-23-17-32(18-24-35)45(7,8)28-52-42(50)37-12-10-9-11-36(37)41(49)51-27-29-25-38(46)40(48)39(47)26-29/h9-26,48,53H,27-28H2,1-8H3. The molecule has 0 unspecified atom stereocenters. The lowest BCUT2D eigenvalue weighted by molar-refractivity contribution is 0.0398. The number of carbonyl (C=O) groups is 2. The van der Waals surface area contributed by atoms with Gasteiger partial charge in [-0.05, 0) is 154 Å². The smallest absolute Gasteiger partial charge is 0.339 e. The fourth-order valence-electron chi connectivity index (χ4n) is 5.90. The molecule has 0 aliphatic heterocycles. The molecule has 5 nitrogen and oxygen atoms in total. The number of phenols is 1. The number of carbonyl (C=O) groups excluding carboxylic acids is 2. The highest BCUT2D eigenvalue weighted by Gasteiger charge is 2.27. The molecule has 0 aliphatic rings. The molecule has 278 valence electrons. The van der Waals surface area contributed by atoms with E-state index in [1.54, 1.807) is 36.4 Å². The second-order valence-electron chi connectivity index (χ2n) is 16.0. The quantitative estimate of drug-likeness (QED) is 0.0829. The van der Waals surface area contributed by atoms with E-state index in [1.165, 1.54) is 25.8 Å². The average molecular weight is 955 g/mol. The van der Waals surface area contributed by atoms with Crippen molar-refractivity contribution in [3.8, 4) is 5.75 Å². The van der Waals surface area contributed by atoms with Crippen LogP contribution in [0.25, 0.3) is 0 Å². The van der Waals surface area contributed by atoms with E-state index in [0.29, 0.717) is 7.14 Å². The van der Waals surface area contributed by atoms with Gasteiger partial charge in [-0.2, -0.15) is 10.9 Å². The van der Waals surface area contributed by atoms with Crippen LogP contribution in [0.4, 0.5) is 0 Å². The zero-order chi connectivity index (χ0) is 38.7. The van der Waals surface area contributed by atoms with Gasteiger partial charge in [0, 0.05) is 5.41 Å². The number of halogens is 2. The van der Waals surface area contributed by atoms with Crippen LogP contribution in [-0.2, 0) is 32.3 Å². The van der Waals surface area contributed by atoms with Crippen LogP contribution in [-0.4, -0.2) is 23.7 Å². The summed E-state index contributed by atoms with van der Waals surface area (Å²) in [7, 11) is -0.813. The van der Waals surface area contributed by atoms with Gasteiger partial charge >= 0.3 is 11.9 Å². The van der Waals surface area contributed by atoms with E-state index in [1.807, 2.05) is 45.2 Å². The summed E-state index contributed by atoms with van der Waals surface area (Å²) in [5.74, 6) is -1.01. The minimum absolute atomic E-state index is 0.00414. The normalized spacial score (nSPS) is 12.3. The Morgan fingerprint density at radius 1 is 0.585 bits per heavy atom. The van der Waals surface area contributed by atoms with E-state index < -0.39 is 28.2 Å². The molecule has 0 fully saturated rings. The summed E-state index contributed by atoms with van der Waals surface area (Å²) < 4.78 is 12.8. The summed E-state index contributed by atoms with van der Waals surface area (Å²) in [6, 6.07) is 36.9. The van der Waals surface area contributed by atoms with Crippen molar-refractivity contribution in [3.05, 3.63) is 150 Å². The van der Waals surface area contributed by atoms with E-state index in [2.05, 4.69) is 128 Å². The van der Waals surface area contributed by atoms with Gasteiger partial charge in [0.2, 0.25) is 0 Å². The van der Waals surface area contributed by atoms with E-state index in [4.69, 9.17) is 9.47 Å². The zero-order valence-corrected chi connectivity index (χ0v) is 36.8. The average Bonchev–Trinajstić information content (AvgIpc) is 3.12. The van der Waals surface area contributed by atoms with Crippen molar-refractivity contribution in [1.82, 2.24) is 0 Å². The van der Waals surface area contributed by atoms with E-state index in [9.17, 15) is 14.7 Å². The molecule has 0 aromatic heterocycles. The highest BCUT2D eigenvalue weighted by atomic mass is 127. The molecule has 5 aromatic carbocycles. The van der Waals surface area contributed by atoms with Crippen LogP contribution in [0.3, 0.4) is 0 Å². The Balaban J connectivity index is 1.32. The third kappa shape index (κ3) is 10.0. The van der Waals surface area contributed by atoms with Crippen LogP contribution in [0, 0.1) is 7.14 Å². The molecule has 0 bridgehead atoms. The predicted molar refractivity (Wildman–Crippen MR) is 233 cm³/mol. The van der Waals surface area contributed by atoms with E-state index >= 15 is 0 Å². The van der Waals surface area contributed by atoms with Crippen LogP contribution in [0.5, 0.6) is 5.75 Å². The lowest BCUT2D eigenvalue weighted by Gasteiger charge is -2.28. The third-order valence-electron chi connectivity index (χ3n) is 9.27. The molecule has 53 heavy (non-hydrogen) atoms. The largest absolute Gasteiger partial charge is 0.506 e. The van der Waals surface area contributed by atoms with Gasteiger partial charge in [-0.25, -0.2) is 9.59 Å². The van der Waals surface area contributed by atoms with Crippen molar-refractivity contribution in [1.29, 1.82) is 0 Å². The molecule has 0 saturated heterocycles. The van der Waals surface area contributed by atoms with Gasteiger partial charge in [0.15, 0.2) is 0 Å².